The van der Waals surface area contributed by atoms with Gasteiger partial charge in [-0.15, -0.1) is 0 Å². The number of piperidine rings is 1. The van der Waals surface area contributed by atoms with Crippen LogP contribution in [0.25, 0.3) is 0 Å². The molecular formula is C15H22N2O4S. The first-order valence-corrected chi connectivity index (χ1v) is 9.09. The average molecular weight is 326 g/mol. The summed E-state index contributed by atoms with van der Waals surface area (Å²) in [5, 5.41) is 0. The van der Waals surface area contributed by atoms with E-state index in [0.29, 0.717) is 44.1 Å². The monoisotopic (exact) mass is 326 g/mol. The maximum Gasteiger partial charge on any atom is 0.243 e. The first kappa shape index (κ1) is 15.6. The molecule has 0 bridgehead atoms. The normalized spacial score (nSPS) is 26.5. The third-order valence-electron chi connectivity index (χ3n) is 4.18. The molecule has 2 aliphatic heterocycles. The highest BCUT2D eigenvalue weighted by Gasteiger charge is 2.34. The van der Waals surface area contributed by atoms with Crippen molar-refractivity contribution in [2.45, 2.75) is 43.2 Å². The summed E-state index contributed by atoms with van der Waals surface area (Å²) in [5.74, 6) is 1.10. The molecule has 1 aromatic carbocycles. The van der Waals surface area contributed by atoms with Crippen molar-refractivity contribution in [2.24, 2.45) is 5.73 Å². The van der Waals surface area contributed by atoms with Gasteiger partial charge in [0.1, 0.15) is 0 Å². The molecule has 2 atom stereocenters. The van der Waals surface area contributed by atoms with E-state index >= 15 is 0 Å². The maximum atomic E-state index is 12.9. The number of hydrogen-bond acceptors (Lipinski definition) is 5. The van der Waals surface area contributed by atoms with Crippen molar-refractivity contribution >= 4 is 10.0 Å². The fourth-order valence-electron chi connectivity index (χ4n) is 2.98. The van der Waals surface area contributed by atoms with Crippen LogP contribution in [0, 0.1) is 0 Å². The van der Waals surface area contributed by atoms with Crippen LogP contribution >= 0.6 is 0 Å². The molecule has 0 saturated carbocycles. The molecule has 0 unspecified atom stereocenters. The summed E-state index contributed by atoms with van der Waals surface area (Å²) in [6, 6.07) is 4.81. The molecule has 1 aromatic rings. The standard InChI is InChI=1S/C15H22N2O4S/c1-11-9-12(16)5-6-17(11)22(18,19)13-3-4-14-15(10-13)21-8-2-7-20-14/h3-4,10-12H,2,5-9,16H2,1H3/t11-,12+/m1/s1. The molecule has 122 valence electrons. The number of ether oxygens (including phenoxy) is 2. The van der Waals surface area contributed by atoms with Crippen molar-refractivity contribution in [3.63, 3.8) is 0 Å². The van der Waals surface area contributed by atoms with Gasteiger partial charge in [0, 0.05) is 31.1 Å². The van der Waals surface area contributed by atoms with Gasteiger partial charge in [-0.3, -0.25) is 0 Å². The van der Waals surface area contributed by atoms with Crippen molar-refractivity contribution in [3.8, 4) is 11.5 Å². The van der Waals surface area contributed by atoms with Crippen LogP contribution in [-0.4, -0.2) is 44.6 Å². The fraction of sp³-hybridized carbons (Fsp3) is 0.600. The summed E-state index contributed by atoms with van der Waals surface area (Å²) in [5.41, 5.74) is 5.92. The maximum absolute atomic E-state index is 12.9. The molecule has 2 aliphatic rings. The Morgan fingerprint density at radius 2 is 1.95 bits per heavy atom. The van der Waals surface area contributed by atoms with Crippen LogP contribution in [0.5, 0.6) is 11.5 Å². The molecule has 6 nitrogen and oxygen atoms in total. The van der Waals surface area contributed by atoms with Crippen LogP contribution in [0.1, 0.15) is 26.2 Å². The molecule has 2 heterocycles. The predicted molar refractivity (Wildman–Crippen MR) is 82.6 cm³/mol. The van der Waals surface area contributed by atoms with Gasteiger partial charge < -0.3 is 15.2 Å². The molecule has 0 aromatic heterocycles. The molecule has 3 rings (SSSR count). The minimum absolute atomic E-state index is 0.0743. The third-order valence-corrected chi connectivity index (χ3v) is 6.19. The summed E-state index contributed by atoms with van der Waals surface area (Å²) in [6.45, 7) is 3.48. The van der Waals surface area contributed by atoms with E-state index in [0.717, 1.165) is 6.42 Å². The fourth-order valence-corrected chi connectivity index (χ4v) is 4.66. The largest absolute Gasteiger partial charge is 0.490 e. The molecule has 1 saturated heterocycles. The van der Waals surface area contributed by atoms with E-state index in [2.05, 4.69) is 0 Å². The van der Waals surface area contributed by atoms with Gasteiger partial charge in [0.25, 0.3) is 0 Å². The summed E-state index contributed by atoms with van der Waals surface area (Å²) >= 11 is 0. The molecule has 0 aliphatic carbocycles. The smallest absolute Gasteiger partial charge is 0.243 e. The van der Waals surface area contributed by atoms with E-state index in [1.54, 1.807) is 18.2 Å². The Balaban J connectivity index is 1.91. The number of fused-ring (bicyclic) bond motifs is 1. The van der Waals surface area contributed by atoms with Crippen LogP contribution in [0.4, 0.5) is 0 Å². The van der Waals surface area contributed by atoms with Crippen LogP contribution < -0.4 is 15.2 Å². The zero-order valence-corrected chi connectivity index (χ0v) is 13.5. The molecule has 0 amide bonds. The van der Waals surface area contributed by atoms with Gasteiger partial charge in [-0.2, -0.15) is 4.31 Å². The zero-order chi connectivity index (χ0) is 15.7. The number of rotatable bonds is 2. The average Bonchev–Trinajstić information content (AvgIpc) is 2.71. The van der Waals surface area contributed by atoms with Crippen LogP contribution in [0.15, 0.2) is 23.1 Å². The van der Waals surface area contributed by atoms with Gasteiger partial charge in [-0.05, 0) is 31.9 Å². The zero-order valence-electron chi connectivity index (χ0n) is 12.7. The molecule has 7 heteroatoms. The summed E-state index contributed by atoms with van der Waals surface area (Å²) in [7, 11) is -3.54. The Bertz CT molecular complexity index is 647. The summed E-state index contributed by atoms with van der Waals surface area (Å²) in [6.07, 6.45) is 2.16. The lowest BCUT2D eigenvalue weighted by Gasteiger charge is -2.35. The number of hydrogen-bond donors (Lipinski definition) is 1. The summed E-state index contributed by atoms with van der Waals surface area (Å²) in [4.78, 5) is 0.249. The second kappa shape index (κ2) is 6.06. The summed E-state index contributed by atoms with van der Waals surface area (Å²) < 4.78 is 38.4. The lowest BCUT2D eigenvalue weighted by molar-refractivity contribution is 0.247. The van der Waals surface area contributed by atoms with E-state index in [9.17, 15) is 8.42 Å². The Kier molecular flexibility index (Phi) is 4.29. The van der Waals surface area contributed by atoms with E-state index in [1.807, 2.05) is 6.92 Å². The van der Waals surface area contributed by atoms with E-state index in [1.165, 1.54) is 4.31 Å². The van der Waals surface area contributed by atoms with E-state index in [4.69, 9.17) is 15.2 Å². The third kappa shape index (κ3) is 2.93. The molecule has 1 fully saturated rings. The molecule has 2 N–H and O–H groups in total. The van der Waals surface area contributed by atoms with Crippen molar-refractivity contribution < 1.29 is 17.9 Å². The molecule has 22 heavy (non-hydrogen) atoms. The van der Waals surface area contributed by atoms with Gasteiger partial charge in [0.15, 0.2) is 11.5 Å². The van der Waals surface area contributed by atoms with Gasteiger partial charge in [-0.25, -0.2) is 8.42 Å². The topological polar surface area (TPSA) is 81.9 Å². The van der Waals surface area contributed by atoms with Gasteiger partial charge in [-0.1, -0.05) is 0 Å². The van der Waals surface area contributed by atoms with Crippen molar-refractivity contribution in [1.29, 1.82) is 0 Å². The lowest BCUT2D eigenvalue weighted by atomic mass is 10.0. The van der Waals surface area contributed by atoms with Crippen molar-refractivity contribution in [2.75, 3.05) is 19.8 Å². The highest BCUT2D eigenvalue weighted by Crippen LogP contribution is 2.34. The SMILES string of the molecule is C[C@@H]1C[C@@H](N)CCN1S(=O)(=O)c1ccc2c(c1)OCCCO2. The van der Waals surface area contributed by atoms with Gasteiger partial charge >= 0.3 is 0 Å². The Labute approximate surface area is 131 Å². The lowest BCUT2D eigenvalue weighted by Crippen LogP contribution is -2.48. The molecule has 0 radical (unpaired) electrons. The van der Waals surface area contributed by atoms with E-state index in [-0.39, 0.29) is 17.0 Å². The second-order valence-corrected chi connectivity index (χ2v) is 7.80. The quantitative estimate of drug-likeness (QED) is 0.887. The first-order chi connectivity index (χ1) is 10.5. The number of nitrogens with two attached hydrogens (primary N) is 1. The highest BCUT2D eigenvalue weighted by atomic mass is 32.2. The second-order valence-electron chi connectivity index (χ2n) is 5.91. The number of benzene rings is 1. The van der Waals surface area contributed by atoms with Crippen LogP contribution in [0.3, 0.4) is 0 Å². The van der Waals surface area contributed by atoms with Crippen molar-refractivity contribution in [1.82, 2.24) is 4.31 Å². The molecular weight excluding hydrogens is 304 g/mol. The molecule has 0 spiro atoms. The Morgan fingerprint density at radius 1 is 1.23 bits per heavy atom. The Hall–Kier alpha value is -1.31. The minimum Gasteiger partial charge on any atom is -0.490 e. The van der Waals surface area contributed by atoms with E-state index < -0.39 is 10.0 Å². The number of nitrogens with zero attached hydrogens (tertiary/aromatic N) is 1. The van der Waals surface area contributed by atoms with Crippen molar-refractivity contribution in [3.05, 3.63) is 18.2 Å². The Morgan fingerprint density at radius 3 is 2.68 bits per heavy atom. The predicted octanol–water partition coefficient (Wildman–Crippen LogP) is 1.35. The van der Waals surface area contributed by atoms with Crippen LogP contribution in [-0.2, 0) is 10.0 Å². The minimum atomic E-state index is -3.54. The highest BCUT2D eigenvalue weighted by molar-refractivity contribution is 7.89. The van der Waals surface area contributed by atoms with Gasteiger partial charge in [0.2, 0.25) is 10.0 Å². The van der Waals surface area contributed by atoms with Crippen LogP contribution in [0.2, 0.25) is 0 Å². The number of sulfonamides is 1. The van der Waals surface area contributed by atoms with Gasteiger partial charge in [0.05, 0.1) is 18.1 Å². The first-order valence-electron chi connectivity index (χ1n) is 7.65.